The topological polar surface area (TPSA) is 97.0 Å². The Bertz CT molecular complexity index is 815. The molecule has 8 nitrogen and oxygen atoms in total. The van der Waals surface area contributed by atoms with Gasteiger partial charge in [-0.2, -0.15) is 0 Å². The Kier molecular flexibility index (Phi) is 10.4. The van der Waals surface area contributed by atoms with Crippen LogP contribution in [-0.4, -0.2) is 60.1 Å². The van der Waals surface area contributed by atoms with Crippen LogP contribution in [0.2, 0.25) is 0 Å². The number of amides is 2. The highest BCUT2D eigenvalue weighted by Crippen LogP contribution is 2.19. The van der Waals surface area contributed by atoms with Gasteiger partial charge in [0.15, 0.2) is 5.11 Å². The molecule has 9 heteroatoms. The fraction of sp³-hybridized carbons (Fsp3) is 0.565. The second-order valence-corrected chi connectivity index (χ2v) is 8.48. The van der Waals surface area contributed by atoms with Crippen molar-refractivity contribution in [2.75, 3.05) is 26.3 Å². The molecule has 1 atom stereocenters. The standard InChI is InChI=1S/C23H33N3O5S/c1-4-5-8-13-30-19-10-7-6-9-17(19)21(28)25-23(32)26-12-11-24-22(29)18(26)14-20(27)31-15-16(2)3/h6-7,9-10,16,18H,4-5,8,11-15H2,1-3H3,(H,24,29)(H,25,28,32). The molecule has 2 amide bonds. The lowest BCUT2D eigenvalue weighted by molar-refractivity contribution is -0.148. The highest BCUT2D eigenvalue weighted by molar-refractivity contribution is 7.80. The highest BCUT2D eigenvalue weighted by atomic mass is 32.1. The van der Waals surface area contributed by atoms with Gasteiger partial charge in [-0.1, -0.05) is 45.7 Å². The number of esters is 1. The van der Waals surface area contributed by atoms with Crippen LogP contribution in [0.15, 0.2) is 24.3 Å². The van der Waals surface area contributed by atoms with E-state index in [1.54, 1.807) is 29.2 Å². The fourth-order valence-electron chi connectivity index (χ4n) is 3.19. The van der Waals surface area contributed by atoms with Gasteiger partial charge in [-0.3, -0.25) is 19.7 Å². The fourth-order valence-corrected chi connectivity index (χ4v) is 3.50. The molecule has 176 valence electrons. The lowest BCUT2D eigenvalue weighted by Crippen LogP contribution is -2.60. The van der Waals surface area contributed by atoms with Crippen LogP contribution in [0.4, 0.5) is 0 Å². The molecule has 2 N–H and O–H groups in total. The molecule has 0 saturated carbocycles. The van der Waals surface area contributed by atoms with Gasteiger partial charge in [-0.15, -0.1) is 0 Å². The number of para-hydroxylation sites is 1. The quantitative estimate of drug-likeness (QED) is 0.313. The van der Waals surface area contributed by atoms with Crippen molar-refractivity contribution in [1.82, 2.24) is 15.5 Å². The zero-order chi connectivity index (χ0) is 23.5. The molecule has 0 radical (unpaired) electrons. The van der Waals surface area contributed by atoms with Crippen molar-refractivity contribution < 1.29 is 23.9 Å². The Balaban J connectivity index is 2.03. The third kappa shape index (κ3) is 7.78. The average Bonchev–Trinajstić information content (AvgIpc) is 2.76. The maximum absolute atomic E-state index is 12.9. The van der Waals surface area contributed by atoms with E-state index in [1.807, 2.05) is 13.8 Å². The molecule has 32 heavy (non-hydrogen) atoms. The number of thiocarbonyl (C=S) groups is 1. The van der Waals surface area contributed by atoms with Crippen molar-refractivity contribution in [3.63, 3.8) is 0 Å². The van der Waals surface area contributed by atoms with Crippen molar-refractivity contribution in [2.24, 2.45) is 5.92 Å². The molecule has 1 saturated heterocycles. The lowest BCUT2D eigenvalue weighted by atomic mass is 10.1. The largest absolute Gasteiger partial charge is 0.493 e. The summed E-state index contributed by atoms with van der Waals surface area (Å²) in [5, 5.41) is 5.51. The molecule has 1 heterocycles. The van der Waals surface area contributed by atoms with Crippen molar-refractivity contribution in [1.29, 1.82) is 0 Å². The smallest absolute Gasteiger partial charge is 0.308 e. The number of carbonyl (C=O) groups excluding carboxylic acids is 3. The minimum atomic E-state index is -0.836. The van der Waals surface area contributed by atoms with E-state index in [1.165, 1.54) is 0 Å². The number of unbranched alkanes of at least 4 members (excludes halogenated alkanes) is 2. The Morgan fingerprint density at radius 1 is 1.28 bits per heavy atom. The minimum Gasteiger partial charge on any atom is -0.493 e. The Labute approximate surface area is 195 Å². The second-order valence-electron chi connectivity index (χ2n) is 8.09. The van der Waals surface area contributed by atoms with Gasteiger partial charge in [0.05, 0.1) is 25.2 Å². The number of nitrogens with one attached hydrogen (secondary N) is 2. The summed E-state index contributed by atoms with van der Waals surface area (Å²) in [6.07, 6.45) is 2.89. The van der Waals surface area contributed by atoms with E-state index in [9.17, 15) is 14.4 Å². The first-order valence-corrected chi connectivity index (χ1v) is 11.5. The van der Waals surface area contributed by atoms with E-state index >= 15 is 0 Å². The van der Waals surface area contributed by atoms with Gasteiger partial charge in [0.25, 0.3) is 5.91 Å². The van der Waals surface area contributed by atoms with Crippen LogP contribution in [0.5, 0.6) is 5.75 Å². The molecule has 1 aromatic carbocycles. The SMILES string of the molecule is CCCCCOc1ccccc1C(=O)NC(=S)N1CCNC(=O)C1CC(=O)OCC(C)C. The van der Waals surface area contributed by atoms with Gasteiger partial charge in [0, 0.05) is 13.1 Å². The van der Waals surface area contributed by atoms with Crippen LogP contribution >= 0.6 is 12.2 Å². The van der Waals surface area contributed by atoms with Gasteiger partial charge < -0.3 is 19.7 Å². The zero-order valence-electron chi connectivity index (χ0n) is 19.0. The van der Waals surface area contributed by atoms with Gasteiger partial charge in [-0.25, -0.2) is 0 Å². The Morgan fingerprint density at radius 3 is 2.75 bits per heavy atom. The maximum Gasteiger partial charge on any atom is 0.308 e. The van der Waals surface area contributed by atoms with Crippen LogP contribution < -0.4 is 15.4 Å². The number of hydrogen-bond acceptors (Lipinski definition) is 6. The normalized spacial score (nSPS) is 15.8. The number of piperazine rings is 1. The van der Waals surface area contributed by atoms with Crippen molar-refractivity contribution in [3.05, 3.63) is 29.8 Å². The molecule has 1 aromatic rings. The van der Waals surface area contributed by atoms with E-state index in [0.717, 1.165) is 19.3 Å². The third-order valence-electron chi connectivity index (χ3n) is 4.89. The summed E-state index contributed by atoms with van der Waals surface area (Å²) in [5.41, 5.74) is 0.362. The van der Waals surface area contributed by atoms with E-state index in [-0.39, 0.29) is 30.0 Å². The summed E-state index contributed by atoms with van der Waals surface area (Å²) < 4.78 is 11.0. The summed E-state index contributed by atoms with van der Waals surface area (Å²) in [6, 6.07) is 6.12. The van der Waals surface area contributed by atoms with Crippen molar-refractivity contribution in [3.8, 4) is 5.75 Å². The van der Waals surface area contributed by atoms with Crippen LogP contribution in [0.25, 0.3) is 0 Å². The van der Waals surface area contributed by atoms with Crippen LogP contribution in [0.1, 0.15) is 56.8 Å². The maximum atomic E-state index is 12.9. The first kappa shape index (κ1) is 25.6. The van der Waals surface area contributed by atoms with Crippen LogP contribution in [0, 0.1) is 5.92 Å². The molecule has 1 aliphatic heterocycles. The molecule has 0 aliphatic carbocycles. The number of carbonyl (C=O) groups is 3. The molecule has 2 rings (SSSR count). The zero-order valence-corrected chi connectivity index (χ0v) is 19.8. The number of rotatable bonds is 10. The monoisotopic (exact) mass is 463 g/mol. The van der Waals surface area contributed by atoms with Crippen molar-refractivity contribution in [2.45, 2.75) is 52.5 Å². The van der Waals surface area contributed by atoms with E-state index < -0.39 is 17.9 Å². The average molecular weight is 464 g/mol. The van der Waals surface area contributed by atoms with Crippen LogP contribution in [-0.2, 0) is 14.3 Å². The van der Waals surface area contributed by atoms with Gasteiger partial charge in [0.1, 0.15) is 11.8 Å². The van der Waals surface area contributed by atoms with Crippen LogP contribution in [0.3, 0.4) is 0 Å². The molecule has 0 aromatic heterocycles. The summed E-state index contributed by atoms with van der Waals surface area (Å²) in [4.78, 5) is 39.1. The summed E-state index contributed by atoms with van der Waals surface area (Å²) in [5.74, 6) is -0.554. The van der Waals surface area contributed by atoms with Gasteiger partial charge in [-0.05, 0) is 36.7 Å². The third-order valence-corrected chi connectivity index (χ3v) is 5.22. The number of nitrogens with zero attached hydrogens (tertiary/aromatic N) is 1. The molecule has 0 spiro atoms. The molecule has 1 aliphatic rings. The lowest BCUT2D eigenvalue weighted by Gasteiger charge is -2.36. The summed E-state index contributed by atoms with van der Waals surface area (Å²) in [6.45, 7) is 7.52. The van der Waals surface area contributed by atoms with Gasteiger partial charge in [0.2, 0.25) is 5.91 Å². The van der Waals surface area contributed by atoms with Crippen molar-refractivity contribution >= 4 is 35.1 Å². The number of ether oxygens (including phenoxy) is 2. The summed E-state index contributed by atoms with van der Waals surface area (Å²) >= 11 is 5.43. The molecule has 0 bridgehead atoms. The number of benzene rings is 1. The molecule has 1 unspecified atom stereocenters. The molecular weight excluding hydrogens is 430 g/mol. The first-order chi connectivity index (χ1) is 15.3. The van der Waals surface area contributed by atoms with E-state index in [0.29, 0.717) is 31.0 Å². The van der Waals surface area contributed by atoms with Gasteiger partial charge >= 0.3 is 5.97 Å². The summed E-state index contributed by atoms with van der Waals surface area (Å²) in [7, 11) is 0. The second kappa shape index (κ2) is 13.0. The number of hydrogen-bond donors (Lipinski definition) is 2. The molecule has 1 fully saturated rings. The molecular formula is C23H33N3O5S. The predicted octanol–water partition coefficient (Wildman–Crippen LogP) is 2.66. The highest BCUT2D eigenvalue weighted by Gasteiger charge is 2.34. The Morgan fingerprint density at radius 2 is 2.03 bits per heavy atom. The minimum absolute atomic E-state index is 0.0901. The first-order valence-electron chi connectivity index (χ1n) is 11.1. The van der Waals surface area contributed by atoms with E-state index in [4.69, 9.17) is 21.7 Å². The van der Waals surface area contributed by atoms with E-state index in [2.05, 4.69) is 17.6 Å². The Hall–Kier alpha value is -2.68. The predicted molar refractivity (Wildman–Crippen MR) is 125 cm³/mol.